The van der Waals surface area contributed by atoms with Crippen molar-refractivity contribution in [3.63, 3.8) is 0 Å². The predicted octanol–water partition coefficient (Wildman–Crippen LogP) is 3.90. The van der Waals surface area contributed by atoms with E-state index in [9.17, 15) is 4.79 Å². The molecule has 22 heavy (non-hydrogen) atoms. The fraction of sp³-hybridized carbons (Fsp3) is 0.222. The van der Waals surface area contributed by atoms with Crippen molar-refractivity contribution < 1.29 is 9.53 Å². The molecule has 0 saturated carbocycles. The molecule has 0 aliphatic heterocycles. The van der Waals surface area contributed by atoms with Crippen molar-refractivity contribution in [1.29, 1.82) is 0 Å². The number of carbonyl (C=O) groups is 1. The van der Waals surface area contributed by atoms with Crippen LogP contribution >= 0.6 is 0 Å². The van der Waals surface area contributed by atoms with Gasteiger partial charge < -0.3 is 9.30 Å². The highest BCUT2D eigenvalue weighted by molar-refractivity contribution is 5.96. The van der Waals surface area contributed by atoms with Crippen LogP contribution in [0.25, 0.3) is 22.2 Å². The minimum atomic E-state index is -0.330. The number of esters is 1. The molecule has 2 aromatic carbocycles. The summed E-state index contributed by atoms with van der Waals surface area (Å²) in [6, 6.07) is 14.3. The Hall–Kier alpha value is -2.62. The van der Waals surface area contributed by atoms with Crippen molar-refractivity contribution in [1.82, 2.24) is 9.55 Å². The lowest BCUT2D eigenvalue weighted by Crippen LogP contribution is -2.12. The summed E-state index contributed by atoms with van der Waals surface area (Å²) in [5.41, 5.74) is 1.52. The summed E-state index contributed by atoms with van der Waals surface area (Å²) in [4.78, 5) is 16.5. The Balaban J connectivity index is 2.17. The second-order valence-electron chi connectivity index (χ2n) is 4.96. The maximum atomic E-state index is 12.0. The Morgan fingerprint density at radius 2 is 1.91 bits per heavy atom. The lowest BCUT2D eigenvalue weighted by Gasteiger charge is -2.11. The molecule has 0 radical (unpaired) electrons. The molecule has 0 aliphatic carbocycles. The molecule has 3 rings (SSSR count). The highest BCUT2D eigenvalue weighted by Gasteiger charge is 2.18. The first-order chi connectivity index (χ1) is 10.8. The minimum Gasteiger partial charge on any atom is -0.461 e. The van der Waals surface area contributed by atoms with Crippen LogP contribution in [0.4, 0.5) is 0 Å². The largest absolute Gasteiger partial charge is 0.461 e. The van der Waals surface area contributed by atoms with Crippen LogP contribution in [0.2, 0.25) is 0 Å². The van der Waals surface area contributed by atoms with E-state index in [1.807, 2.05) is 35.8 Å². The van der Waals surface area contributed by atoms with Crippen molar-refractivity contribution in [2.45, 2.75) is 20.4 Å². The number of hydrogen-bond acceptors (Lipinski definition) is 3. The summed E-state index contributed by atoms with van der Waals surface area (Å²) in [5, 5.41) is 2.28. The van der Waals surface area contributed by atoms with Crippen LogP contribution in [0.1, 0.15) is 24.3 Å². The fourth-order valence-corrected chi connectivity index (χ4v) is 2.70. The molecule has 4 nitrogen and oxygen atoms in total. The van der Waals surface area contributed by atoms with Crippen molar-refractivity contribution in [2.24, 2.45) is 0 Å². The number of rotatable bonds is 4. The molecule has 0 unspecified atom stereocenters. The van der Waals surface area contributed by atoms with Crippen LogP contribution in [-0.4, -0.2) is 22.1 Å². The van der Waals surface area contributed by atoms with Gasteiger partial charge in [0.05, 0.1) is 12.8 Å². The predicted molar refractivity (Wildman–Crippen MR) is 86.8 cm³/mol. The SMILES string of the molecule is CCOC(=O)c1cnc(-c2cccc3ccccc23)n1CC. The number of hydrogen-bond donors (Lipinski definition) is 0. The topological polar surface area (TPSA) is 44.1 Å². The average Bonchev–Trinajstić information content (AvgIpc) is 2.98. The fourth-order valence-electron chi connectivity index (χ4n) is 2.70. The van der Waals surface area contributed by atoms with Gasteiger partial charge in [-0.3, -0.25) is 0 Å². The standard InChI is InChI=1S/C18H18N2O2/c1-3-20-16(18(21)22-4-2)12-19-17(20)15-11-7-9-13-8-5-6-10-14(13)15/h5-12H,3-4H2,1-2H3. The first-order valence-electron chi connectivity index (χ1n) is 7.47. The van der Waals surface area contributed by atoms with Gasteiger partial charge in [-0.05, 0) is 24.6 Å². The molecule has 0 spiro atoms. The normalized spacial score (nSPS) is 10.8. The molecule has 1 heterocycles. The third kappa shape index (κ3) is 2.37. The molecule has 0 N–H and O–H groups in total. The molecule has 0 atom stereocenters. The summed E-state index contributed by atoms with van der Waals surface area (Å²) >= 11 is 0. The number of aromatic nitrogens is 2. The zero-order chi connectivity index (χ0) is 15.5. The molecule has 0 saturated heterocycles. The highest BCUT2D eigenvalue weighted by Crippen LogP contribution is 2.28. The second kappa shape index (κ2) is 6.02. The summed E-state index contributed by atoms with van der Waals surface area (Å²) in [5.74, 6) is 0.464. The summed E-state index contributed by atoms with van der Waals surface area (Å²) in [7, 11) is 0. The van der Waals surface area contributed by atoms with Crippen molar-refractivity contribution in [2.75, 3.05) is 6.61 Å². The van der Waals surface area contributed by atoms with Crippen LogP contribution in [0.3, 0.4) is 0 Å². The van der Waals surface area contributed by atoms with Crippen molar-refractivity contribution in [3.8, 4) is 11.4 Å². The number of carbonyl (C=O) groups excluding carboxylic acids is 1. The van der Waals surface area contributed by atoms with Gasteiger partial charge in [-0.15, -0.1) is 0 Å². The minimum absolute atomic E-state index is 0.330. The first kappa shape index (κ1) is 14.3. The molecule has 0 aliphatic rings. The summed E-state index contributed by atoms with van der Waals surface area (Å²) in [6.45, 7) is 4.82. The molecule has 3 aromatic rings. The van der Waals surface area contributed by atoms with Crippen LogP contribution in [0.5, 0.6) is 0 Å². The van der Waals surface area contributed by atoms with Crippen LogP contribution in [0.15, 0.2) is 48.7 Å². The van der Waals surface area contributed by atoms with Crippen LogP contribution in [0, 0.1) is 0 Å². The van der Waals surface area contributed by atoms with Crippen molar-refractivity contribution >= 4 is 16.7 Å². The van der Waals surface area contributed by atoms with Crippen LogP contribution < -0.4 is 0 Å². The maximum absolute atomic E-state index is 12.0. The van der Waals surface area contributed by atoms with E-state index in [0.717, 1.165) is 22.2 Å². The van der Waals surface area contributed by atoms with Gasteiger partial charge in [0.2, 0.25) is 0 Å². The molecular weight excluding hydrogens is 276 g/mol. The summed E-state index contributed by atoms with van der Waals surface area (Å²) in [6.07, 6.45) is 1.60. The molecule has 0 fully saturated rings. The van der Waals surface area contributed by atoms with Gasteiger partial charge in [0, 0.05) is 12.1 Å². The average molecular weight is 294 g/mol. The lowest BCUT2D eigenvalue weighted by molar-refractivity contribution is 0.0514. The molecule has 0 amide bonds. The monoisotopic (exact) mass is 294 g/mol. The van der Waals surface area contributed by atoms with Gasteiger partial charge in [0.15, 0.2) is 0 Å². The highest BCUT2D eigenvalue weighted by atomic mass is 16.5. The molecule has 0 bridgehead atoms. The smallest absolute Gasteiger partial charge is 0.356 e. The third-order valence-corrected chi connectivity index (χ3v) is 3.69. The number of imidazole rings is 1. The van der Waals surface area contributed by atoms with E-state index in [0.29, 0.717) is 18.8 Å². The van der Waals surface area contributed by atoms with Gasteiger partial charge in [0.25, 0.3) is 0 Å². The Morgan fingerprint density at radius 3 is 2.68 bits per heavy atom. The van der Waals surface area contributed by atoms with Gasteiger partial charge in [-0.1, -0.05) is 42.5 Å². The third-order valence-electron chi connectivity index (χ3n) is 3.69. The van der Waals surface area contributed by atoms with E-state index in [1.165, 1.54) is 0 Å². The first-order valence-corrected chi connectivity index (χ1v) is 7.47. The number of fused-ring (bicyclic) bond motifs is 1. The second-order valence-corrected chi connectivity index (χ2v) is 4.96. The van der Waals surface area contributed by atoms with E-state index in [2.05, 4.69) is 23.2 Å². The number of benzene rings is 2. The van der Waals surface area contributed by atoms with E-state index < -0.39 is 0 Å². The molecule has 1 aromatic heterocycles. The van der Waals surface area contributed by atoms with E-state index in [1.54, 1.807) is 13.1 Å². The summed E-state index contributed by atoms with van der Waals surface area (Å²) < 4.78 is 7.01. The van der Waals surface area contributed by atoms with E-state index in [-0.39, 0.29) is 5.97 Å². The zero-order valence-corrected chi connectivity index (χ0v) is 12.7. The molecular formula is C18H18N2O2. The van der Waals surface area contributed by atoms with Gasteiger partial charge in [0.1, 0.15) is 11.5 Å². The van der Waals surface area contributed by atoms with E-state index >= 15 is 0 Å². The van der Waals surface area contributed by atoms with Crippen molar-refractivity contribution in [3.05, 3.63) is 54.4 Å². The molecule has 4 heteroatoms. The number of nitrogens with zero attached hydrogens (tertiary/aromatic N) is 2. The zero-order valence-electron chi connectivity index (χ0n) is 12.7. The Morgan fingerprint density at radius 1 is 1.14 bits per heavy atom. The van der Waals surface area contributed by atoms with Gasteiger partial charge >= 0.3 is 5.97 Å². The quantitative estimate of drug-likeness (QED) is 0.685. The Bertz CT molecular complexity index is 816. The molecule has 112 valence electrons. The Kier molecular flexibility index (Phi) is 3.92. The van der Waals surface area contributed by atoms with E-state index in [4.69, 9.17) is 4.74 Å². The van der Waals surface area contributed by atoms with Gasteiger partial charge in [-0.2, -0.15) is 0 Å². The lowest BCUT2D eigenvalue weighted by atomic mass is 10.0. The van der Waals surface area contributed by atoms with Gasteiger partial charge in [-0.25, -0.2) is 9.78 Å². The number of ether oxygens (including phenoxy) is 1. The van der Waals surface area contributed by atoms with Crippen LogP contribution in [-0.2, 0) is 11.3 Å². The Labute approximate surface area is 129 Å². The maximum Gasteiger partial charge on any atom is 0.356 e.